The van der Waals surface area contributed by atoms with Crippen LogP contribution in [0.15, 0.2) is 29.3 Å². The second kappa shape index (κ2) is 9.30. The SMILES string of the molecule is CCNC(=NCc1ccc(OCC(F)(F)F)cc1)NCC(C)(C)C(N)=O. The number of carbonyl (C=O) groups excluding carboxylic acids is 1. The molecule has 0 aliphatic heterocycles. The lowest BCUT2D eigenvalue weighted by Gasteiger charge is -2.22. The lowest BCUT2D eigenvalue weighted by molar-refractivity contribution is -0.153. The molecule has 0 spiro atoms. The lowest BCUT2D eigenvalue weighted by Crippen LogP contribution is -2.46. The number of hydrogen-bond acceptors (Lipinski definition) is 3. The van der Waals surface area contributed by atoms with Gasteiger partial charge in [0.2, 0.25) is 5.91 Å². The molecule has 1 amide bonds. The van der Waals surface area contributed by atoms with Gasteiger partial charge in [0.15, 0.2) is 12.6 Å². The fourth-order valence-corrected chi connectivity index (χ4v) is 1.76. The number of hydrogen-bond donors (Lipinski definition) is 3. The van der Waals surface area contributed by atoms with E-state index in [9.17, 15) is 18.0 Å². The molecule has 0 aliphatic carbocycles. The Morgan fingerprint density at radius 1 is 1.19 bits per heavy atom. The Morgan fingerprint density at radius 3 is 2.31 bits per heavy atom. The smallest absolute Gasteiger partial charge is 0.422 e. The Labute approximate surface area is 151 Å². The predicted octanol–water partition coefficient (Wildman–Crippen LogP) is 2.19. The molecular weight excluding hydrogens is 349 g/mol. The summed E-state index contributed by atoms with van der Waals surface area (Å²) < 4.78 is 41.0. The summed E-state index contributed by atoms with van der Waals surface area (Å²) in [7, 11) is 0. The lowest BCUT2D eigenvalue weighted by atomic mass is 9.93. The molecule has 9 heteroatoms. The molecule has 146 valence electrons. The van der Waals surface area contributed by atoms with E-state index in [1.165, 1.54) is 12.1 Å². The summed E-state index contributed by atoms with van der Waals surface area (Å²) in [4.78, 5) is 15.7. The molecule has 0 fully saturated rings. The molecule has 0 atom stereocenters. The van der Waals surface area contributed by atoms with Crippen molar-refractivity contribution in [2.75, 3.05) is 19.7 Å². The zero-order valence-electron chi connectivity index (χ0n) is 15.1. The topological polar surface area (TPSA) is 88.7 Å². The van der Waals surface area contributed by atoms with Crippen molar-refractivity contribution < 1.29 is 22.7 Å². The van der Waals surface area contributed by atoms with E-state index in [2.05, 4.69) is 20.4 Å². The van der Waals surface area contributed by atoms with Gasteiger partial charge in [-0.2, -0.15) is 13.2 Å². The number of nitrogens with one attached hydrogen (secondary N) is 2. The molecule has 0 heterocycles. The van der Waals surface area contributed by atoms with Gasteiger partial charge in [-0.15, -0.1) is 0 Å². The first-order chi connectivity index (χ1) is 12.0. The van der Waals surface area contributed by atoms with Crippen LogP contribution in [0.25, 0.3) is 0 Å². The van der Waals surface area contributed by atoms with Crippen molar-refractivity contribution >= 4 is 11.9 Å². The predicted molar refractivity (Wildman–Crippen MR) is 93.8 cm³/mol. The Hall–Kier alpha value is -2.45. The van der Waals surface area contributed by atoms with E-state index in [-0.39, 0.29) is 5.75 Å². The molecule has 26 heavy (non-hydrogen) atoms. The summed E-state index contributed by atoms with van der Waals surface area (Å²) >= 11 is 0. The maximum absolute atomic E-state index is 12.1. The molecule has 6 nitrogen and oxygen atoms in total. The largest absolute Gasteiger partial charge is 0.484 e. The van der Waals surface area contributed by atoms with Crippen LogP contribution < -0.4 is 21.1 Å². The van der Waals surface area contributed by atoms with Crippen molar-refractivity contribution in [1.82, 2.24) is 10.6 Å². The van der Waals surface area contributed by atoms with Crippen molar-refractivity contribution in [3.63, 3.8) is 0 Å². The van der Waals surface area contributed by atoms with Crippen LogP contribution in [0, 0.1) is 5.41 Å². The Bertz CT molecular complexity index is 613. The van der Waals surface area contributed by atoms with Gasteiger partial charge in [0.05, 0.1) is 12.0 Å². The van der Waals surface area contributed by atoms with E-state index < -0.39 is 24.1 Å². The summed E-state index contributed by atoms with van der Waals surface area (Å²) in [5, 5.41) is 6.10. The summed E-state index contributed by atoms with van der Waals surface area (Å²) in [5.41, 5.74) is 5.41. The first kappa shape index (κ1) is 21.6. The monoisotopic (exact) mass is 374 g/mol. The molecule has 0 saturated heterocycles. The van der Waals surface area contributed by atoms with Gasteiger partial charge in [-0.05, 0) is 38.5 Å². The van der Waals surface area contributed by atoms with E-state index in [0.29, 0.717) is 25.6 Å². The zero-order valence-corrected chi connectivity index (χ0v) is 15.1. The molecule has 4 N–H and O–H groups in total. The number of alkyl halides is 3. The standard InChI is InChI=1S/C17H25F3N4O2/c1-4-22-15(24-10-16(2,3)14(21)25)23-9-12-5-7-13(8-6-12)26-11-17(18,19)20/h5-8H,4,9-11H2,1-3H3,(H2,21,25)(H2,22,23,24). The second-order valence-corrected chi connectivity index (χ2v) is 6.34. The summed E-state index contributed by atoms with van der Waals surface area (Å²) in [6, 6.07) is 6.22. The van der Waals surface area contributed by atoms with Crippen LogP contribution in [-0.4, -0.2) is 37.7 Å². The van der Waals surface area contributed by atoms with Crippen LogP contribution in [0.1, 0.15) is 26.3 Å². The van der Waals surface area contributed by atoms with Gasteiger partial charge in [-0.1, -0.05) is 12.1 Å². The van der Waals surface area contributed by atoms with E-state index in [1.54, 1.807) is 26.0 Å². The van der Waals surface area contributed by atoms with Crippen LogP contribution in [0.4, 0.5) is 13.2 Å². The van der Waals surface area contributed by atoms with Gasteiger partial charge in [0.25, 0.3) is 0 Å². The number of primary amides is 1. The number of aliphatic imine (C=N–C) groups is 1. The first-order valence-corrected chi connectivity index (χ1v) is 8.14. The summed E-state index contributed by atoms with van der Waals surface area (Å²) in [5.74, 6) is 0.234. The Balaban J connectivity index is 2.64. The molecule has 0 aromatic heterocycles. The molecule has 1 rings (SSSR count). The number of halogens is 3. The second-order valence-electron chi connectivity index (χ2n) is 6.34. The van der Waals surface area contributed by atoms with Gasteiger partial charge in [0, 0.05) is 13.1 Å². The number of benzene rings is 1. The normalized spacial score (nSPS) is 12.6. The Kier molecular flexibility index (Phi) is 7.73. The van der Waals surface area contributed by atoms with Crippen LogP contribution in [-0.2, 0) is 11.3 Å². The zero-order chi connectivity index (χ0) is 19.8. The minimum Gasteiger partial charge on any atom is -0.484 e. The highest BCUT2D eigenvalue weighted by Crippen LogP contribution is 2.19. The van der Waals surface area contributed by atoms with Gasteiger partial charge in [-0.25, -0.2) is 4.99 Å². The van der Waals surface area contributed by atoms with Crippen LogP contribution in [0.2, 0.25) is 0 Å². The number of guanidine groups is 1. The molecule has 0 saturated carbocycles. The minimum absolute atomic E-state index is 0.142. The van der Waals surface area contributed by atoms with Crippen molar-refractivity contribution in [3.05, 3.63) is 29.8 Å². The van der Waals surface area contributed by atoms with Crippen LogP contribution >= 0.6 is 0 Å². The van der Waals surface area contributed by atoms with Crippen molar-refractivity contribution in [3.8, 4) is 5.75 Å². The summed E-state index contributed by atoms with van der Waals surface area (Å²) in [6.07, 6.45) is -4.37. The number of amides is 1. The number of nitrogens with two attached hydrogens (primary N) is 1. The van der Waals surface area contributed by atoms with E-state index >= 15 is 0 Å². The third-order valence-corrected chi connectivity index (χ3v) is 3.45. The average Bonchev–Trinajstić information content (AvgIpc) is 2.55. The molecule has 1 aromatic rings. The van der Waals surface area contributed by atoms with E-state index in [4.69, 9.17) is 5.73 Å². The number of ether oxygens (including phenoxy) is 1. The van der Waals surface area contributed by atoms with E-state index in [1.807, 2.05) is 6.92 Å². The molecule has 0 radical (unpaired) electrons. The highest BCUT2D eigenvalue weighted by Gasteiger charge is 2.28. The minimum atomic E-state index is -4.37. The van der Waals surface area contributed by atoms with Crippen molar-refractivity contribution in [2.45, 2.75) is 33.5 Å². The van der Waals surface area contributed by atoms with E-state index in [0.717, 1.165) is 5.56 Å². The van der Waals surface area contributed by atoms with Gasteiger partial charge < -0.3 is 21.1 Å². The van der Waals surface area contributed by atoms with Crippen LogP contribution in [0.5, 0.6) is 5.75 Å². The third-order valence-electron chi connectivity index (χ3n) is 3.45. The van der Waals surface area contributed by atoms with Crippen LogP contribution in [0.3, 0.4) is 0 Å². The third kappa shape index (κ3) is 8.09. The average molecular weight is 374 g/mol. The molecule has 1 aromatic carbocycles. The molecule has 0 unspecified atom stereocenters. The quantitative estimate of drug-likeness (QED) is 0.481. The fourth-order valence-electron chi connectivity index (χ4n) is 1.76. The number of rotatable bonds is 8. The summed E-state index contributed by atoms with van der Waals surface area (Å²) in [6.45, 7) is 5.30. The van der Waals surface area contributed by atoms with Gasteiger partial charge in [-0.3, -0.25) is 4.79 Å². The fraction of sp³-hybridized carbons (Fsp3) is 0.529. The maximum atomic E-state index is 12.1. The number of nitrogens with zero attached hydrogens (tertiary/aromatic N) is 1. The van der Waals surface area contributed by atoms with Gasteiger partial charge >= 0.3 is 6.18 Å². The Morgan fingerprint density at radius 2 is 1.81 bits per heavy atom. The van der Waals surface area contributed by atoms with Gasteiger partial charge in [0.1, 0.15) is 5.75 Å². The molecule has 0 bridgehead atoms. The highest BCUT2D eigenvalue weighted by molar-refractivity contribution is 5.83. The number of carbonyl (C=O) groups is 1. The van der Waals surface area contributed by atoms with Crippen molar-refractivity contribution in [1.29, 1.82) is 0 Å². The van der Waals surface area contributed by atoms with Crippen molar-refractivity contribution in [2.24, 2.45) is 16.1 Å². The maximum Gasteiger partial charge on any atom is 0.422 e. The first-order valence-electron chi connectivity index (χ1n) is 8.14. The molecule has 0 aliphatic rings. The molecular formula is C17H25F3N4O2. The highest BCUT2D eigenvalue weighted by atomic mass is 19.4.